The topological polar surface area (TPSA) is 55.4 Å². The van der Waals surface area contributed by atoms with Crippen molar-refractivity contribution in [2.75, 3.05) is 12.4 Å². The minimum Gasteiger partial charge on any atom is -0.497 e. The molecule has 4 heteroatoms. The average Bonchev–Trinajstić information content (AvgIpc) is 2.27. The smallest absolute Gasteiger partial charge is 0.229 e. The van der Waals surface area contributed by atoms with Crippen LogP contribution in [0.4, 0.5) is 5.69 Å². The lowest BCUT2D eigenvalue weighted by molar-refractivity contribution is -0.123. The van der Waals surface area contributed by atoms with Crippen LogP contribution in [0.15, 0.2) is 18.2 Å². The van der Waals surface area contributed by atoms with Gasteiger partial charge in [-0.1, -0.05) is 20.8 Å². The second-order valence-corrected chi connectivity index (χ2v) is 4.78. The van der Waals surface area contributed by atoms with Gasteiger partial charge in [0, 0.05) is 17.0 Å². The van der Waals surface area contributed by atoms with Gasteiger partial charge in [0.05, 0.1) is 12.8 Å². The molecule has 0 fully saturated rings. The van der Waals surface area contributed by atoms with Crippen molar-refractivity contribution in [3.63, 3.8) is 0 Å². The van der Waals surface area contributed by atoms with Crippen LogP contribution in [0.2, 0.25) is 0 Å². The van der Waals surface area contributed by atoms with Gasteiger partial charge in [0.25, 0.3) is 0 Å². The first-order valence-electron chi connectivity index (χ1n) is 5.33. The number of methoxy groups -OCH3 is 1. The Morgan fingerprint density at radius 3 is 2.47 bits per heavy atom. The number of hydrogen-bond donors (Lipinski definition) is 1. The normalized spacial score (nSPS) is 10.8. The highest BCUT2D eigenvalue weighted by Gasteiger charge is 2.22. The lowest BCUT2D eigenvalue weighted by atomic mass is 9.95. The van der Waals surface area contributed by atoms with Crippen LogP contribution in [0, 0.1) is 5.41 Å². The van der Waals surface area contributed by atoms with Gasteiger partial charge in [0.1, 0.15) is 5.75 Å². The zero-order valence-corrected chi connectivity index (χ0v) is 10.5. The second kappa shape index (κ2) is 4.99. The maximum Gasteiger partial charge on any atom is 0.229 e. The first-order valence-corrected chi connectivity index (χ1v) is 5.33. The van der Waals surface area contributed by atoms with E-state index in [0.29, 0.717) is 23.3 Å². The summed E-state index contributed by atoms with van der Waals surface area (Å²) in [6.45, 7) is 5.43. The van der Waals surface area contributed by atoms with E-state index in [1.165, 1.54) is 7.11 Å². The molecule has 0 aliphatic rings. The first-order chi connectivity index (χ1) is 7.88. The fourth-order valence-corrected chi connectivity index (χ4v) is 1.18. The number of aldehydes is 1. The van der Waals surface area contributed by atoms with Crippen LogP contribution in [0.5, 0.6) is 5.75 Å². The highest BCUT2D eigenvalue weighted by molar-refractivity contribution is 5.99. The molecule has 0 unspecified atom stereocenters. The summed E-state index contributed by atoms with van der Waals surface area (Å²) in [5.41, 5.74) is 0.395. The summed E-state index contributed by atoms with van der Waals surface area (Å²) in [5.74, 6) is 0.452. The van der Waals surface area contributed by atoms with Crippen molar-refractivity contribution in [1.29, 1.82) is 0 Å². The van der Waals surface area contributed by atoms with Crippen LogP contribution < -0.4 is 10.1 Å². The summed E-state index contributed by atoms with van der Waals surface area (Å²) < 4.78 is 5.05. The predicted molar refractivity (Wildman–Crippen MR) is 66.5 cm³/mol. The van der Waals surface area contributed by atoms with Gasteiger partial charge in [-0.2, -0.15) is 0 Å². The van der Waals surface area contributed by atoms with Crippen molar-refractivity contribution >= 4 is 17.9 Å². The summed E-state index contributed by atoms with van der Waals surface area (Å²) >= 11 is 0. The molecular weight excluding hydrogens is 218 g/mol. The lowest BCUT2D eigenvalue weighted by Crippen LogP contribution is -2.28. The molecule has 17 heavy (non-hydrogen) atoms. The van der Waals surface area contributed by atoms with E-state index in [2.05, 4.69) is 5.32 Å². The number of nitrogens with one attached hydrogen (secondary N) is 1. The molecule has 1 N–H and O–H groups in total. The van der Waals surface area contributed by atoms with E-state index in [1.807, 2.05) is 20.8 Å². The van der Waals surface area contributed by atoms with Crippen molar-refractivity contribution < 1.29 is 14.3 Å². The van der Waals surface area contributed by atoms with Gasteiger partial charge in [0.15, 0.2) is 6.29 Å². The van der Waals surface area contributed by atoms with Crippen LogP contribution in [0.1, 0.15) is 31.1 Å². The number of benzene rings is 1. The van der Waals surface area contributed by atoms with Crippen molar-refractivity contribution in [2.45, 2.75) is 20.8 Å². The van der Waals surface area contributed by atoms with Crippen LogP contribution in [0.25, 0.3) is 0 Å². The zero-order chi connectivity index (χ0) is 13.1. The monoisotopic (exact) mass is 235 g/mol. The van der Waals surface area contributed by atoms with E-state index in [9.17, 15) is 9.59 Å². The Hall–Kier alpha value is -1.84. The maximum absolute atomic E-state index is 11.8. The van der Waals surface area contributed by atoms with Gasteiger partial charge in [-0.05, 0) is 12.1 Å². The highest BCUT2D eigenvalue weighted by atomic mass is 16.5. The Morgan fingerprint density at radius 2 is 2.00 bits per heavy atom. The Morgan fingerprint density at radius 1 is 1.35 bits per heavy atom. The average molecular weight is 235 g/mol. The van der Waals surface area contributed by atoms with Gasteiger partial charge in [-0.3, -0.25) is 9.59 Å². The number of carbonyl (C=O) groups is 2. The van der Waals surface area contributed by atoms with Crippen LogP contribution in [-0.2, 0) is 4.79 Å². The third-order valence-corrected chi connectivity index (χ3v) is 2.32. The number of anilines is 1. The first kappa shape index (κ1) is 13.2. The zero-order valence-electron chi connectivity index (χ0n) is 10.5. The molecule has 1 amide bonds. The van der Waals surface area contributed by atoms with Gasteiger partial charge < -0.3 is 10.1 Å². The molecule has 0 saturated carbocycles. The highest BCUT2D eigenvalue weighted by Crippen LogP contribution is 2.24. The van der Waals surface area contributed by atoms with Gasteiger partial charge in [0.2, 0.25) is 5.91 Å². The molecule has 0 bridgehead atoms. The minimum atomic E-state index is -0.511. The lowest BCUT2D eigenvalue weighted by Gasteiger charge is -2.18. The molecule has 0 saturated heterocycles. The molecule has 0 atom stereocenters. The molecular formula is C13H17NO3. The van der Waals surface area contributed by atoms with E-state index in [4.69, 9.17) is 4.74 Å². The fraction of sp³-hybridized carbons (Fsp3) is 0.385. The maximum atomic E-state index is 11.8. The molecule has 1 rings (SSSR count). The van der Waals surface area contributed by atoms with E-state index in [-0.39, 0.29) is 5.91 Å². The van der Waals surface area contributed by atoms with E-state index >= 15 is 0 Å². The number of hydrogen-bond acceptors (Lipinski definition) is 3. The molecule has 0 aliphatic carbocycles. The molecule has 92 valence electrons. The SMILES string of the molecule is COc1ccc(C=O)c(NC(=O)C(C)(C)C)c1. The number of rotatable bonds is 3. The summed E-state index contributed by atoms with van der Waals surface area (Å²) in [7, 11) is 1.53. The van der Waals surface area contributed by atoms with Crippen LogP contribution in [-0.4, -0.2) is 19.3 Å². The van der Waals surface area contributed by atoms with Gasteiger partial charge >= 0.3 is 0 Å². The van der Waals surface area contributed by atoms with E-state index in [0.717, 1.165) is 0 Å². The minimum absolute atomic E-state index is 0.145. The number of amides is 1. The molecule has 0 heterocycles. The van der Waals surface area contributed by atoms with Crippen molar-refractivity contribution in [1.82, 2.24) is 0 Å². The molecule has 1 aromatic carbocycles. The molecule has 0 spiro atoms. The standard InChI is InChI=1S/C13H17NO3/c1-13(2,3)12(16)14-11-7-10(17-4)6-5-9(11)8-15/h5-8H,1-4H3,(H,14,16). The van der Waals surface area contributed by atoms with Crippen LogP contribution >= 0.6 is 0 Å². The van der Waals surface area contributed by atoms with Crippen molar-refractivity contribution in [3.05, 3.63) is 23.8 Å². The molecule has 1 aromatic rings. The third-order valence-electron chi connectivity index (χ3n) is 2.32. The Labute approximate surface area is 101 Å². The van der Waals surface area contributed by atoms with Gasteiger partial charge in [-0.25, -0.2) is 0 Å². The quantitative estimate of drug-likeness (QED) is 0.819. The summed E-state index contributed by atoms with van der Waals surface area (Å²) in [6.07, 6.45) is 0.706. The molecule has 0 radical (unpaired) electrons. The van der Waals surface area contributed by atoms with Crippen molar-refractivity contribution in [3.8, 4) is 5.75 Å². The van der Waals surface area contributed by atoms with Gasteiger partial charge in [-0.15, -0.1) is 0 Å². The fourth-order valence-electron chi connectivity index (χ4n) is 1.18. The molecule has 4 nitrogen and oxygen atoms in total. The number of ether oxygens (including phenoxy) is 1. The van der Waals surface area contributed by atoms with E-state index < -0.39 is 5.41 Å². The summed E-state index contributed by atoms with van der Waals surface area (Å²) in [6, 6.07) is 4.92. The molecule has 0 aromatic heterocycles. The summed E-state index contributed by atoms with van der Waals surface area (Å²) in [4.78, 5) is 22.7. The Kier molecular flexibility index (Phi) is 3.89. The summed E-state index contributed by atoms with van der Waals surface area (Å²) in [5, 5.41) is 2.73. The van der Waals surface area contributed by atoms with Crippen LogP contribution in [0.3, 0.4) is 0 Å². The molecule has 0 aliphatic heterocycles. The van der Waals surface area contributed by atoms with E-state index in [1.54, 1.807) is 18.2 Å². The largest absolute Gasteiger partial charge is 0.497 e. The Balaban J connectivity index is 3.03. The third kappa shape index (κ3) is 3.31. The number of carbonyl (C=O) groups excluding carboxylic acids is 2. The van der Waals surface area contributed by atoms with Crippen molar-refractivity contribution in [2.24, 2.45) is 5.41 Å². The second-order valence-electron chi connectivity index (χ2n) is 4.78. The Bertz CT molecular complexity index is 433. The predicted octanol–water partition coefficient (Wildman–Crippen LogP) is 2.49.